The molecule has 0 unspecified atom stereocenters. The topological polar surface area (TPSA) is 66.9 Å². The lowest BCUT2D eigenvalue weighted by molar-refractivity contribution is -0.140. The molecule has 0 amide bonds. The zero-order valence-corrected chi connectivity index (χ0v) is 16.8. The number of thiazole rings is 1. The molecule has 148 valence electrons. The number of esters is 1. The molecule has 0 aliphatic carbocycles. The summed E-state index contributed by atoms with van der Waals surface area (Å²) in [6.07, 6.45) is 1.80. The van der Waals surface area contributed by atoms with Crippen LogP contribution in [0.15, 0.2) is 53.4 Å². The molecule has 1 aromatic heterocycles. The second-order valence-electron chi connectivity index (χ2n) is 6.26. The zero-order chi connectivity index (χ0) is 20.2. The predicted molar refractivity (Wildman–Crippen MR) is 110 cm³/mol. The van der Waals surface area contributed by atoms with E-state index in [9.17, 15) is 4.79 Å². The highest BCUT2D eigenvalue weighted by Gasteiger charge is 2.19. The lowest BCUT2D eigenvalue weighted by atomic mass is 10.1. The van der Waals surface area contributed by atoms with Crippen LogP contribution in [0.1, 0.15) is 11.3 Å². The number of methoxy groups -OCH3 is 2. The minimum absolute atomic E-state index is 0.0839. The first-order valence-corrected chi connectivity index (χ1v) is 9.83. The smallest absolute Gasteiger partial charge is 0.337 e. The van der Waals surface area contributed by atoms with Crippen molar-refractivity contribution >= 4 is 23.4 Å². The van der Waals surface area contributed by atoms with Gasteiger partial charge in [-0.05, 0) is 24.3 Å². The number of aromatic nitrogens is 1. The Labute approximate surface area is 172 Å². The molecule has 2 heterocycles. The summed E-state index contributed by atoms with van der Waals surface area (Å²) >= 11 is 1.45. The minimum Gasteiger partial charge on any atom is -0.493 e. The zero-order valence-electron chi connectivity index (χ0n) is 16.0. The highest BCUT2D eigenvalue weighted by molar-refractivity contribution is 7.13. The molecule has 4 rings (SSSR count). The third-order valence-electron chi connectivity index (χ3n) is 4.43. The molecule has 0 atom stereocenters. The van der Waals surface area contributed by atoms with Gasteiger partial charge in [0.15, 0.2) is 11.5 Å². The molecule has 1 aliphatic heterocycles. The van der Waals surface area contributed by atoms with Gasteiger partial charge in [-0.25, -0.2) is 9.78 Å². The fourth-order valence-electron chi connectivity index (χ4n) is 3.02. The maximum absolute atomic E-state index is 12.4. The van der Waals surface area contributed by atoms with Crippen molar-refractivity contribution in [3.8, 4) is 27.8 Å². The Bertz CT molecular complexity index is 1070. The van der Waals surface area contributed by atoms with Crippen LogP contribution in [0.5, 0.6) is 17.2 Å². The number of carbonyl (C=O) groups excluding carboxylic acids is 1. The fourth-order valence-corrected chi connectivity index (χ4v) is 3.84. The Kier molecular flexibility index (Phi) is 5.48. The van der Waals surface area contributed by atoms with Gasteiger partial charge in [-0.15, -0.1) is 11.3 Å². The van der Waals surface area contributed by atoms with E-state index in [2.05, 4.69) is 4.98 Å². The summed E-state index contributed by atoms with van der Waals surface area (Å²) in [7, 11) is 3.19. The molecule has 0 N–H and O–H groups in total. The Morgan fingerprint density at radius 2 is 2.00 bits per heavy atom. The van der Waals surface area contributed by atoms with Gasteiger partial charge in [0.05, 0.1) is 31.1 Å². The summed E-state index contributed by atoms with van der Waals surface area (Å²) in [5.74, 6) is 1.61. The Balaban J connectivity index is 1.46. The maximum atomic E-state index is 12.4. The van der Waals surface area contributed by atoms with Crippen molar-refractivity contribution in [2.75, 3.05) is 20.8 Å². The Morgan fingerprint density at radius 3 is 2.83 bits per heavy atom. The largest absolute Gasteiger partial charge is 0.493 e. The van der Waals surface area contributed by atoms with Gasteiger partial charge in [0.25, 0.3) is 0 Å². The molecule has 0 fully saturated rings. The van der Waals surface area contributed by atoms with Crippen molar-refractivity contribution in [3.05, 3.63) is 64.7 Å². The normalized spacial score (nSPS) is 12.4. The van der Waals surface area contributed by atoms with E-state index in [1.807, 2.05) is 47.8 Å². The number of para-hydroxylation sites is 2. The second kappa shape index (κ2) is 8.36. The van der Waals surface area contributed by atoms with E-state index in [1.165, 1.54) is 11.3 Å². The van der Waals surface area contributed by atoms with Crippen LogP contribution < -0.4 is 14.2 Å². The molecule has 0 bridgehead atoms. The number of ether oxygens (including phenoxy) is 4. The van der Waals surface area contributed by atoms with Gasteiger partial charge in [-0.2, -0.15) is 0 Å². The molecule has 6 nitrogen and oxygen atoms in total. The van der Waals surface area contributed by atoms with Gasteiger partial charge in [0.1, 0.15) is 24.0 Å². The number of hydrogen-bond donors (Lipinski definition) is 0. The number of carbonyl (C=O) groups is 1. The average molecular weight is 409 g/mol. The predicted octanol–water partition coefficient (Wildman–Crippen LogP) is 4.35. The number of fused-ring (bicyclic) bond motifs is 1. The van der Waals surface area contributed by atoms with Crippen LogP contribution in [-0.2, 0) is 16.1 Å². The Hall–Kier alpha value is -3.32. The van der Waals surface area contributed by atoms with E-state index in [-0.39, 0.29) is 13.2 Å². The van der Waals surface area contributed by atoms with Crippen LogP contribution in [0.25, 0.3) is 16.6 Å². The van der Waals surface area contributed by atoms with E-state index in [0.29, 0.717) is 22.8 Å². The molecule has 3 aromatic rings. The molecular formula is C22H19NO5S. The van der Waals surface area contributed by atoms with Gasteiger partial charge in [0.2, 0.25) is 0 Å². The highest BCUT2D eigenvalue weighted by Crippen LogP contribution is 2.39. The lowest BCUT2D eigenvalue weighted by Crippen LogP contribution is -2.17. The number of hydrogen-bond acceptors (Lipinski definition) is 7. The lowest BCUT2D eigenvalue weighted by Gasteiger charge is -2.16. The average Bonchev–Trinajstić information content (AvgIpc) is 3.25. The molecule has 0 saturated carbocycles. The van der Waals surface area contributed by atoms with Crippen molar-refractivity contribution in [1.82, 2.24) is 4.98 Å². The summed E-state index contributed by atoms with van der Waals surface area (Å²) in [4.78, 5) is 17.0. The molecule has 0 spiro atoms. The van der Waals surface area contributed by atoms with Gasteiger partial charge in [0, 0.05) is 10.9 Å². The van der Waals surface area contributed by atoms with Crippen LogP contribution in [0.4, 0.5) is 0 Å². The Morgan fingerprint density at radius 1 is 1.14 bits per heavy atom. The maximum Gasteiger partial charge on any atom is 0.337 e. The summed E-state index contributed by atoms with van der Waals surface area (Å²) in [5.41, 5.74) is 2.84. The third kappa shape index (κ3) is 3.95. The molecule has 29 heavy (non-hydrogen) atoms. The molecule has 2 aromatic carbocycles. The summed E-state index contributed by atoms with van der Waals surface area (Å²) in [6, 6.07) is 13.2. The van der Waals surface area contributed by atoms with Gasteiger partial charge < -0.3 is 18.9 Å². The SMILES string of the molecule is COc1cccc(-c2nc(COC(=O)C3=Cc4ccccc4OC3)cs2)c1OC. The molecule has 1 aliphatic rings. The molecular weight excluding hydrogens is 390 g/mol. The van der Waals surface area contributed by atoms with E-state index in [4.69, 9.17) is 18.9 Å². The number of benzene rings is 2. The van der Waals surface area contributed by atoms with Gasteiger partial charge >= 0.3 is 5.97 Å². The first-order valence-electron chi connectivity index (χ1n) is 8.95. The van der Waals surface area contributed by atoms with E-state index in [0.717, 1.165) is 21.9 Å². The first-order chi connectivity index (χ1) is 14.2. The quantitative estimate of drug-likeness (QED) is 0.564. The number of rotatable bonds is 6. The van der Waals surface area contributed by atoms with Crippen molar-refractivity contribution in [3.63, 3.8) is 0 Å². The summed E-state index contributed by atoms with van der Waals surface area (Å²) in [6.45, 7) is 0.278. The highest BCUT2D eigenvalue weighted by atomic mass is 32.1. The van der Waals surface area contributed by atoms with Gasteiger partial charge in [-0.1, -0.05) is 24.3 Å². The first kappa shape index (κ1) is 19.0. The number of nitrogens with zero attached hydrogens (tertiary/aromatic N) is 1. The summed E-state index contributed by atoms with van der Waals surface area (Å²) < 4.78 is 21.9. The van der Waals surface area contributed by atoms with E-state index >= 15 is 0 Å². The van der Waals surface area contributed by atoms with E-state index < -0.39 is 5.97 Å². The van der Waals surface area contributed by atoms with Crippen molar-refractivity contribution in [2.24, 2.45) is 0 Å². The second-order valence-corrected chi connectivity index (χ2v) is 7.12. The van der Waals surface area contributed by atoms with E-state index in [1.54, 1.807) is 20.3 Å². The molecule has 0 saturated heterocycles. The monoisotopic (exact) mass is 409 g/mol. The van der Waals surface area contributed by atoms with Crippen LogP contribution in [-0.4, -0.2) is 31.8 Å². The summed E-state index contributed by atoms with van der Waals surface area (Å²) in [5, 5.41) is 2.63. The van der Waals surface area contributed by atoms with Crippen molar-refractivity contribution in [2.45, 2.75) is 6.61 Å². The van der Waals surface area contributed by atoms with Crippen LogP contribution >= 0.6 is 11.3 Å². The van der Waals surface area contributed by atoms with Crippen LogP contribution in [0.2, 0.25) is 0 Å². The van der Waals surface area contributed by atoms with Crippen LogP contribution in [0.3, 0.4) is 0 Å². The van der Waals surface area contributed by atoms with Crippen molar-refractivity contribution in [1.29, 1.82) is 0 Å². The van der Waals surface area contributed by atoms with Crippen LogP contribution in [0, 0.1) is 0 Å². The van der Waals surface area contributed by atoms with Crippen molar-refractivity contribution < 1.29 is 23.7 Å². The van der Waals surface area contributed by atoms with Gasteiger partial charge in [-0.3, -0.25) is 0 Å². The molecule has 0 radical (unpaired) electrons. The standard InChI is InChI=1S/C22H19NO5S/c1-25-19-9-5-7-17(20(19)26-2)21-23-16(13-29-21)12-28-22(24)15-10-14-6-3-4-8-18(14)27-11-15/h3-10,13H,11-12H2,1-2H3. The molecule has 7 heteroatoms. The fraction of sp³-hybridized carbons (Fsp3) is 0.182. The third-order valence-corrected chi connectivity index (χ3v) is 5.35. The minimum atomic E-state index is -0.409.